The highest BCUT2D eigenvalue weighted by Crippen LogP contribution is 2.35. The Kier molecular flexibility index (Phi) is 4.85. The van der Waals surface area contributed by atoms with Crippen LogP contribution in [0, 0.1) is 6.92 Å². The number of nitrogens with zero attached hydrogens (tertiary/aromatic N) is 3. The molecule has 0 saturated carbocycles. The predicted octanol–water partition coefficient (Wildman–Crippen LogP) is 3.78. The van der Waals surface area contributed by atoms with Gasteiger partial charge >= 0.3 is 5.97 Å². The number of hydrogen-bond acceptors (Lipinski definition) is 5. The fraction of sp³-hybridized carbons (Fsp3) is 0.250. The first-order valence-corrected chi connectivity index (χ1v) is 8.50. The van der Waals surface area contributed by atoms with Crippen molar-refractivity contribution in [3.8, 4) is 28.6 Å². The summed E-state index contributed by atoms with van der Waals surface area (Å²) in [6.07, 6.45) is 0. The molecule has 7 heteroatoms. The minimum absolute atomic E-state index is 0.0241. The lowest BCUT2D eigenvalue weighted by Gasteiger charge is -2.15. The van der Waals surface area contributed by atoms with E-state index in [4.69, 9.17) is 4.74 Å². The zero-order valence-corrected chi connectivity index (χ0v) is 15.6. The summed E-state index contributed by atoms with van der Waals surface area (Å²) >= 11 is 0. The van der Waals surface area contributed by atoms with Gasteiger partial charge in [0.15, 0.2) is 5.82 Å². The molecule has 0 fully saturated rings. The van der Waals surface area contributed by atoms with Gasteiger partial charge in [0.1, 0.15) is 11.5 Å². The topological polar surface area (TPSA) is 97.5 Å². The molecular formula is C20H21N3O4. The van der Waals surface area contributed by atoms with Crippen LogP contribution in [0.4, 0.5) is 0 Å². The number of aromatic hydroxyl groups is 1. The van der Waals surface area contributed by atoms with E-state index in [1.165, 1.54) is 4.57 Å². The SMILES string of the molecule is COc1ccc(-n2c(C(=O)O)nnc2-c2cc(C(C)C)c(C)cc2O)cc1. The van der Waals surface area contributed by atoms with Gasteiger partial charge in [0, 0.05) is 5.69 Å². The lowest BCUT2D eigenvalue weighted by atomic mass is 9.95. The highest BCUT2D eigenvalue weighted by molar-refractivity contribution is 5.86. The molecule has 140 valence electrons. The molecule has 1 aromatic heterocycles. The predicted molar refractivity (Wildman–Crippen MR) is 101 cm³/mol. The molecule has 27 heavy (non-hydrogen) atoms. The Balaban J connectivity index is 2.26. The van der Waals surface area contributed by atoms with Crippen LogP contribution in [0.5, 0.6) is 11.5 Å². The molecule has 3 rings (SSSR count). The van der Waals surface area contributed by atoms with E-state index in [-0.39, 0.29) is 23.3 Å². The quantitative estimate of drug-likeness (QED) is 0.712. The van der Waals surface area contributed by atoms with Gasteiger partial charge in [-0.25, -0.2) is 4.79 Å². The zero-order valence-electron chi connectivity index (χ0n) is 15.6. The second kappa shape index (κ2) is 7.11. The molecule has 1 heterocycles. The van der Waals surface area contributed by atoms with Crippen LogP contribution in [0.2, 0.25) is 0 Å². The lowest BCUT2D eigenvalue weighted by Crippen LogP contribution is -2.09. The Morgan fingerprint density at radius 1 is 1.15 bits per heavy atom. The third kappa shape index (κ3) is 3.36. The number of rotatable bonds is 5. The average molecular weight is 367 g/mol. The molecule has 0 aliphatic heterocycles. The van der Waals surface area contributed by atoms with Crippen LogP contribution in [0.3, 0.4) is 0 Å². The molecule has 2 aromatic carbocycles. The summed E-state index contributed by atoms with van der Waals surface area (Å²) in [5.74, 6) is -0.277. The lowest BCUT2D eigenvalue weighted by molar-refractivity contribution is 0.0681. The minimum atomic E-state index is -1.21. The zero-order chi connectivity index (χ0) is 19.7. The summed E-state index contributed by atoms with van der Waals surface area (Å²) in [6, 6.07) is 10.4. The monoisotopic (exact) mass is 367 g/mol. The van der Waals surface area contributed by atoms with Gasteiger partial charge in [-0.15, -0.1) is 10.2 Å². The number of carboxylic acids is 1. The van der Waals surface area contributed by atoms with Crippen LogP contribution in [-0.4, -0.2) is 38.1 Å². The molecule has 0 radical (unpaired) electrons. The van der Waals surface area contributed by atoms with Gasteiger partial charge in [-0.3, -0.25) is 4.57 Å². The van der Waals surface area contributed by atoms with Crippen LogP contribution < -0.4 is 4.74 Å². The van der Waals surface area contributed by atoms with Gasteiger partial charge in [0.2, 0.25) is 5.82 Å². The van der Waals surface area contributed by atoms with Crippen molar-refractivity contribution in [2.24, 2.45) is 0 Å². The van der Waals surface area contributed by atoms with Crippen LogP contribution in [-0.2, 0) is 0 Å². The van der Waals surface area contributed by atoms with E-state index in [2.05, 4.69) is 24.0 Å². The van der Waals surface area contributed by atoms with Crippen molar-refractivity contribution in [1.82, 2.24) is 14.8 Å². The van der Waals surface area contributed by atoms with Gasteiger partial charge in [-0.1, -0.05) is 13.8 Å². The first-order valence-electron chi connectivity index (χ1n) is 8.50. The first kappa shape index (κ1) is 18.4. The Hall–Kier alpha value is -3.35. The molecule has 7 nitrogen and oxygen atoms in total. The highest BCUT2D eigenvalue weighted by Gasteiger charge is 2.23. The number of aromatic nitrogens is 3. The highest BCUT2D eigenvalue weighted by atomic mass is 16.5. The van der Waals surface area contributed by atoms with Gasteiger partial charge in [-0.05, 0) is 60.4 Å². The van der Waals surface area contributed by atoms with E-state index in [0.717, 1.165) is 11.1 Å². The van der Waals surface area contributed by atoms with Crippen molar-refractivity contribution in [2.45, 2.75) is 26.7 Å². The number of benzene rings is 2. The van der Waals surface area contributed by atoms with Crippen molar-refractivity contribution < 1.29 is 19.7 Å². The molecule has 0 amide bonds. The Labute approximate surface area is 156 Å². The van der Waals surface area contributed by atoms with Crippen molar-refractivity contribution in [2.75, 3.05) is 7.11 Å². The normalized spacial score (nSPS) is 11.0. The van der Waals surface area contributed by atoms with E-state index >= 15 is 0 Å². The van der Waals surface area contributed by atoms with Crippen LogP contribution in [0.15, 0.2) is 36.4 Å². The summed E-state index contributed by atoms with van der Waals surface area (Å²) in [7, 11) is 1.56. The molecule has 0 aliphatic rings. The molecular weight excluding hydrogens is 346 g/mol. The molecule has 0 spiro atoms. The number of carboxylic acid groups (broad SMARTS) is 1. The van der Waals surface area contributed by atoms with E-state index in [1.807, 2.05) is 13.0 Å². The number of phenolic OH excluding ortho intramolecular Hbond substituents is 1. The molecule has 0 bridgehead atoms. The second-order valence-electron chi connectivity index (χ2n) is 6.57. The minimum Gasteiger partial charge on any atom is -0.507 e. The van der Waals surface area contributed by atoms with Crippen LogP contribution >= 0.6 is 0 Å². The maximum Gasteiger partial charge on any atom is 0.374 e. The van der Waals surface area contributed by atoms with Crippen molar-refractivity contribution in [1.29, 1.82) is 0 Å². The molecule has 0 aliphatic carbocycles. The number of hydrogen-bond donors (Lipinski definition) is 2. The molecule has 0 atom stereocenters. The van der Waals surface area contributed by atoms with Gasteiger partial charge in [0.05, 0.1) is 12.7 Å². The summed E-state index contributed by atoms with van der Waals surface area (Å²) < 4.78 is 6.57. The maximum absolute atomic E-state index is 11.7. The third-order valence-electron chi connectivity index (χ3n) is 4.43. The van der Waals surface area contributed by atoms with Gasteiger partial charge in [-0.2, -0.15) is 0 Å². The first-order chi connectivity index (χ1) is 12.8. The molecule has 3 aromatic rings. The third-order valence-corrected chi connectivity index (χ3v) is 4.43. The largest absolute Gasteiger partial charge is 0.507 e. The number of carbonyl (C=O) groups is 1. The standard InChI is InChI=1S/C20H21N3O4/c1-11(2)15-10-16(17(24)9-12(15)3)18-21-22-19(20(25)26)23(18)13-5-7-14(27-4)8-6-13/h5-11,24H,1-4H3,(H,25,26). The Bertz CT molecular complexity index is 991. The maximum atomic E-state index is 11.7. The Morgan fingerprint density at radius 2 is 1.81 bits per heavy atom. The summed E-state index contributed by atoms with van der Waals surface area (Å²) in [5, 5.41) is 27.9. The van der Waals surface area contributed by atoms with E-state index in [0.29, 0.717) is 17.0 Å². The van der Waals surface area contributed by atoms with Gasteiger partial charge < -0.3 is 14.9 Å². The van der Waals surface area contributed by atoms with Gasteiger partial charge in [0.25, 0.3) is 0 Å². The van der Waals surface area contributed by atoms with Crippen LogP contribution in [0.25, 0.3) is 17.1 Å². The molecule has 0 unspecified atom stereocenters. The van der Waals surface area contributed by atoms with E-state index in [9.17, 15) is 15.0 Å². The number of phenols is 1. The van der Waals surface area contributed by atoms with E-state index in [1.54, 1.807) is 37.4 Å². The van der Waals surface area contributed by atoms with Crippen molar-refractivity contribution in [3.63, 3.8) is 0 Å². The number of methoxy groups -OCH3 is 1. The number of aromatic carboxylic acids is 1. The second-order valence-corrected chi connectivity index (χ2v) is 6.57. The number of aryl methyl sites for hydroxylation is 1. The average Bonchev–Trinajstić information content (AvgIpc) is 3.06. The Morgan fingerprint density at radius 3 is 2.37 bits per heavy atom. The summed E-state index contributed by atoms with van der Waals surface area (Å²) in [4.78, 5) is 11.7. The molecule has 2 N–H and O–H groups in total. The fourth-order valence-electron chi connectivity index (χ4n) is 3.08. The smallest absolute Gasteiger partial charge is 0.374 e. The van der Waals surface area contributed by atoms with Crippen molar-refractivity contribution in [3.05, 3.63) is 53.3 Å². The summed E-state index contributed by atoms with van der Waals surface area (Å²) in [5.41, 5.74) is 2.99. The van der Waals surface area contributed by atoms with Crippen LogP contribution in [0.1, 0.15) is 41.5 Å². The number of ether oxygens (including phenoxy) is 1. The fourth-order valence-corrected chi connectivity index (χ4v) is 3.08. The summed E-state index contributed by atoms with van der Waals surface area (Å²) in [6.45, 7) is 6.04. The molecule has 0 saturated heterocycles. The van der Waals surface area contributed by atoms with Crippen molar-refractivity contribution >= 4 is 5.97 Å². The van der Waals surface area contributed by atoms with E-state index < -0.39 is 5.97 Å².